The summed E-state index contributed by atoms with van der Waals surface area (Å²) in [7, 11) is -2.41. The Kier molecular flexibility index (Phi) is 6.71. The van der Waals surface area contributed by atoms with E-state index >= 15 is 0 Å². The van der Waals surface area contributed by atoms with E-state index in [4.69, 9.17) is 9.47 Å². The van der Waals surface area contributed by atoms with Gasteiger partial charge in [-0.2, -0.15) is 0 Å². The monoisotopic (exact) mass is 474 g/mol. The lowest BCUT2D eigenvalue weighted by Gasteiger charge is -2.38. The van der Waals surface area contributed by atoms with Crippen molar-refractivity contribution in [2.45, 2.75) is 64.5 Å². The summed E-state index contributed by atoms with van der Waals surface area (Å²) in [4.78, 5) is 13.3. The highest BCUT2D eigenvalue weighted by Gasteiger charge is 2.39. The van der Waals surface area contributed by atoms with E-state index in [0.717, 1.165) is 12.0 Å². The van der Waals surface area contributed by atoms with E-state index in [1.54, 1.807) is 24.3 Å². The molecular formula is C25H34N2O5S. The summed E-state index contributed by atoms with van der Waals surface area (Å²) in [6.45, 7) is 12.0. The zero-order valence-corrected chi connectivity index (χ0v) is 21.2. The lowest BCUT2D eigenvalue weighted by atomic mass is 9.81. The van der Waals surface area contributed by atoms with Gasteiger partial charge in [0, 0.05) is 5.54 Å². The molecule has 0 unspecified atom stereocenters. The van der Waals surface area contributed by atoms with Gasteiger partial charge in [0.2, 0.25) is 0 Å². The fraction of sp³-hybridized carbons (Fsp3) is 0.480. The van der Waals surface area contributed by atoms with Crippen LogP contribution in [0.2, 0.25) is 0 Å². The number of carbonyl (C=O) groups is 1. The number of sulfonamides is 1. The predicted molar refractivity (Wildman–Crippen MR) is 129 cm³/mol. The van der Waals surface area contributed by atoms with Crippen LogP contribution in [0.3, 0.4) is 0 Å². The summed E-state index contributed by atoms with van der Waals surface area (Å²) in [5, 5.41) is 3.05. The van der Waals surface area contributed by atoms with Crippen molar-refractivity contribution in [3.63, 3.8) is 0 Å². The minimum Gasteiger partial charge on any atom is -0.497 e. The Balaban J connectivity index is 1.95. The van der Waals surface area contributed by atoms with E-state index in [2.05, 4.69) is 26.1 Å². The van der Waals surface area contributed by atoms with E-state index in [-0.39, 0.29) is 22.8 Å². The molecule has 0 bridgehead atoms. The molecule has 180 valence electrons. The molecule has 7 nitrogen and oxygen atoms in total. The number of anilines is 1. The van der Waals surface area contributed by atoms with Crippen LogP contribution in [-0.4, -0.2) is 39.6 Å². The summed E-state index contributed by atoms with van der Waals surface area (Å²) in [5.74, 6) is 0.587. The third-order valence-electron chi connectivity index (χ3n) is 5.36. The van der Waals surface area contributed by atoms with Crippen LogP contribution in [0.5, 0.6) is 11.5 Å². The SMILES string of the molecule is COc1ccc(S(=O)(=O)N2C[C@H](C(=O)NC(C)(C)CC(C)(C)C)Oc3cc(C)ccc32)cc1. The number of ether oxygens (including phenoxy) is 2. The van der Waals surface area contributed by atoms with Crippen molar-refractivity contribution in [2.24, 2.45) is 5.41 Å². The maximum Gasteiger partial charge on any atom is 0.264 e. The first-order chi connectivity index (χ1) is 15.2. The van der Waals surface area contributed by atoms with Crippen LogP contribution in [0.1, 0.15) is 46.6 Å². The summed E-state index contributed by atoms with van der Waals surface area (Å²) in [6.07, 6.45) is -0.228. The second kappa shape index (κ2) is 8.89. The average molecular weight is 475 g/mol. The molecule has 0 aliphatic carbocycles. The maximum absolute atomic E-state index is 13.6. The van der Waals surface area contributed by atoms with Gasteiger partial charge >= 0.3 is 0 Å². The number of nitrogens with one attached hydrogen (secondary N) is 1. The minimum absolute atomic E-state index is 0.0116. The molecule has 1 aliphatic rings. The fourth-order valence-corrected chi connectivity index (χ4v) is 5.86. The molecule has 0 fully saturated rings. The van der Waals surface area contributed by atoms with Crippen molar-refractivity contribution in [3.05, 3.63) is 48.0 Å². The van der Waals surface area contributed by atoms with Crippen molar-refractivity contribution in [1.82, 2.24) is 5.32 Å². The van der Waals surface area contributed by atoms with Gasteiger partial charge in [0.25, 0.3) is 15.9 Å². The quantitative estimate of drug-likeness (QED) is 0.675. The van der Waals surface area contributed by atoms with Gasteiger partial charge in [-0.05, 0) is 74.6 Å². The van der Waals surface area contributed by atoms with Crippen LogP contribution in [0.25, 0.3) is 0 Å². The number of benzene rings is 2. The Bertz CT molecular complexity index is 1120. The first-order valence-electron chi connectivity index (χ1n) is 11.0. The third-order valence-corrected chi connectivity index (χ3v) is 7.15. The topological polar surface area (TPSA) is 84.9 Å². The third kappa shape index (κ3) is 5.79. The lowest BCUT2D eigenvalue weighted by Crippen LogP contribution is -2.55. The molecule has 1 heterocycles. The molecule has 33 heavy (non-hydrogen) atoms. The molecule has 0 radical (unpaired) electrons. The molecule has 2 aromatic rings. The van der Waals surface area contributed by atoms with Crippen molar-refractivity contribution in [3.8, 4) is 11.5 Å². The normalized spacial score (nSPS) is 16.6. The Morgan fingerprint density at radius 3 is 2.33 bits per heavy atom. The van der Waals surface area contributed by atoms with Crippen LogP contribution in [0.4, 0.5) is 5.69 Å². The van der Waals surface area contributed by atoms with Gasteiger partial charge in [0.05, 0.1) is 24.2 Å². The van der Waals surface area contributed by atoms with Crippen LogP contribution >= 0.6 is 0 Å². The number of hydrogen-bond acceptors (Lipinski definition) is 5. The first-order valence-corrected chi connectivity index (χ1v) is 12.4. The van der Waals surface area contributed by atoms with Crippen LogP contribution in [0, 0.1) is 12.3 Å². The molecule has 0 spiro atoms. The second-order valence-electron chi connectivity index (χ2n) is 10.4. The standard InChI is InChI=1S/C25H34N2O5S/c1-17-8-13-20-21(14-17)32-22(23(28)26-25(5,6)16-24(2,3)4)15-27(20)33(29,30)19-11-9-18(31-7)10-12-19/h8-14,22H,15-16H2,1-7H3,(H,26,28)/t22-/m1/s1. The molecule has 0 saturated heterocycles. The Labute approximate surface area is 197 Å². The van der Waals surface area contributed by atoms with Gasteiger partial charge in [-0.25, -0.2) is 8.42 Å². The number of nitrogens with zero attached hydrogens (tertiary/aromatic N) is 1. The molecule has 3 rings (SSSR count). The van der Waals surface area contributed by atoms with Crippen molar-refractivity contribution in [1.29, 1.82) is 0 Å². The number of hydrogen-bond donors (Lipinski definition) is 1. The maximum atomic E-state index is 13.6. The molecule has 0 aromatic heterocycles. The first kappa shape index (κ1) is 24.9. The zero-order chi connectivity index (χ0) is 24.6. The largest absolute Gasteiger partial charge is 0.497 e. The number of rotatable bonds is 6. The van der Waals surface area contributed by atoms with Gasteiger partial charge in [-0.3, -0.25) is 9.10 Å². The molecule has 1 aliphatic heterocycles. The molecule has 0 saturated carbocycles. The van der Waals surface area contributed by atoms with Crippen molar-refractivity contribution >= 4 is 21.6 Å². The van der Waals surface area contributed by atoms with E-state index in [0.29, 0.717) is 17.2 Å². The second-order valence-corrected chi connectivity index (χ2v) is 12.3. The lowest BCUT2D eigenvalue weighted by molar-refractivity contribution is -0.129. The van der Waals surface area contributed by atoms with Crippen molar-refractivity contribution in [2.75, 3.05) is 18.0 Å². The van der Waals surface area contributed by atoms with Gasteiger partial charge in [-0.1, -0.05) is 26.8 Å². The molecule has 1 amide bonds. The van der Waals surface area contributed by atoms with Crippen LogP contribution in [0.15, 0.2) is 47.4 Å². The molecule has 1 atom stereocenters. The average Bonchev–Trinajstić information content (AvgIpc) is 2.70. The van der Waals surface area contributed by atoms with Gasteiger partial charge in [0.15, 0.2) is 6.10 Å². The predicted octanol–water partition coefficient (Wildman–Crippen LogP) is 4.29. The Morgan fingerprint density at radius 2 is 1.76 bits per heavy atom. The van der Waals surface area contributed by atoms with E-state index in [1.807, 2.05) is 26.8 Å². The number of aryl methyl sites for hydroxylation is 1. The number of methoxy groups -OCH3 is 1. The highest BCUT2D eigenvalue weighted by Crippen LogP contribution is 2.38. The molecular weight excluding hydrogens is 440 g/mol. The minimum atomic E-state index is -3.93. The number of carbonyl (C=O) groups excluding carboxylic acids is 1. The summed E-state index contributed by atoms with van der Waals surface area (Å²) in [6, 6.07) is 11.5. The molecule has 1 N–H and O–H groups in total. The van der Waals surface area contributed by atoms with Crippen molar-refractivity contribution < 1.29 is 22.7 Å². The smallest absolute Gasteiger partial charge is 0.264 e. The van der Waals surface area contributed by atoms with E-state index < -0.39 is 21.7 Å². The van der Waals surface area contributed by atoms with Gasteiger partial charge < -0.3 is 14.8 Å². The highest BCUT2D eigenvalue weighted by molar-refractivity contribution is 7.92. The fourth-order valence-electron chi connectivity index (χ4n) is 4.38. The zero-order valence-electron chi connectivity index (χ0n) is 20.4. The highest BCUT2D eigenvalue weighted by atomic mass is 32.2. The summed E-state index contributed by atoms with van der Waals surface area (Å²) in [5.41, 5.74) is 0.849. The van der Waals surface area contributed by atoms with Gasteiger partial charge in [0.1, 0.15) is 11.5 Å². The van der Waals surface area contributed by atoms with Crippen LogP contribution < -0.4 is 19.1 Å². The Hall–Kier alpha value is -2.74. The van der Waals surface area contributed by atoms with Crippen LogP contribution in [-0.2, 0) is 14.8 Å². The summed E-state index contributed by atoms with van der Waals surface area (Å²) < 4.78 is 39.6. The summed E-state index contributed by atoms with van der Waals surface area (Å²) >= 11 is 0. The Morgan fingerprint density at radius 1 is 1.12 bits per heavy atom. The number of amides is 1. The molecule has 8 heteroatoms. The number of fused-ring (bicyclic) bond motifs is 1. The molecule has 2 aromatic carbocycles. The van der Waals surface area contributed by atoms with E-state index in [9.17, 15) is 13.2 Å². The van der Waals surface area contributed by atoms with E-state index in [1.165, 1.54) is 23.5 Å². The van der Waals surface area contributed by atoms with Gasteiger partial charge in [-0.15, -0.1) is 0 Å².